The molecule has 2 aliphatic rings. The van der Waals surface area contributed by atoms with Crippen molar-refractivity contribution in [2.24, 2.45) is 0 Å². The third kappa shape index (κ3) is 6.32. The van der Waals surface area contributed by atoms with Gasteiger partial charge >= 0.3 is 11.9 Å². The second-order valence-electron chi connectivity index (χ2n) is 11.5. The number of hydrogen-bond acceptors (Lipinski definition) is 9. The number of amides is 2. The van der Waals surface area contributed by atoms with E-state index in [4.69, 9.17) is 4.74 Å². The standard InChI is InChI=1S/C32H35FN4O9/c1-35(26(40)11-10-25(39)34-17-6-9-20(24(38)13-17)32(44)46-3)19-5-4-12-36(15-19)28-23(33)14-21-27(30(28)45-2)37(18-7-8-18)16-22(29(21)41)31(42)43/h6,9,13-14,16,18-19,38H,4-5,7-8,10-12,15H2,1-3H3,(H,34,39)(H,42,43). The Morgan fingerprint density at radius 1 is 1.09 bits per heavy atom. The Morgan fingerprint density at radius 3 is 2.46 bits per heavy atom. The van der Waals surface area contributed by atoms with E-state index in [0.717, 1.165) is 18.9 Å². The molecule has 1 atom stereocenters. The van der Waals surface area contributed by atoms with Crippen molar-refractivity contribution in [2.75, 3.05) is 44.6 Å². The minimum Gasteiger partial charge on any atom is -0.507 e. The number of aromatic carboxylic acids is 1. The molecule has 1 saturated carbocycles. The number of nitrogens with zero attached hydrogens (tertiary/aromatic N) is 3. The number of fused-ring (bicyclic) bond motifs is 1. The molecule has 14 heteroatoms. The summed E-state index contributed by atoms with van der Waals surface area (Å²) >= 11 is 0. The molecule has 2 amide bonds. The number of pyridine rings is 1. The maximum absolute atomic E-state index is 15.8. The lowest BCUT2D eigenvalue weighted by Crippen LogP contribution is -2.49. The molecular formula is C32H35FN4O9. The van der Waals surface area contributed by atoms with E-state index in [-0.39, 0.29) is 71.2 Å². The highest BCUT2D eigenvalue weighted by molar-refractivity contribution is 5.98. The van der Waals surface area contributed by atoms with Gasteiger partial charge in [-0.15, -0.1) is 0 Å². The Hall–Kier alpha value is -5.14. The Morgan fingerprint density at radius 2 is 1.83 bits per heavy atom. The zero-order valence-corrected chi connectivity index (χ0v) is 25.7. The van der Waals surface area contributed by atoms with Crippen molar-refractivity contribution in [1.82, 2.24) is 9.47 Å². The lowest BCUT2D eigenvalue weighted by atomic mass is 10.0. The summed E-state index contributed by atoms with van der Waals surface area (Å²) in [5.74, 6) is -3.82. The highest BCUT2D eigenvalue weighted by atomic mass is 19.1. The summed E-state index contributed by atoms with van der Waals surface area (Å²) in [5, 5.41) is 22.2. The molecule has 3 aromatic rings. The first-order chi connectivity index (χ1) is 21.9. The van der Waals surface area contributed by atoms with E-state index in [1.807, 2.05) is 0 Å². The number of benzene rings is 2. The van der Waals surface area contributed by atoms with Crippen LogP contribution in [0.2, 0.25) is 0 Å². The molecule has 1 unspecified atom stereocenters. The molecule has 0 spiro atoms. The van der Waals surface area contributed by atoms with Crippen LogP contribution in [-0.4, -0.2) is 83.8 Å². The van der Waals surface area contributed by atoms with Crippen LogP contribution in [0.25, 0.3) is 10.9 Å². The van der Waals surface area contributed by atoms with E-state index in [1.165, 1.54) is 38.6 Å². The third-order valence-electron chi connectivity index (χ3n) is 8.48. The fourth-order valence-electron chi connectivity index (χ4n) is 5.91. The molecule has 1 aliphatic carbocycles. The zero-order valence-electron chi connectivity index (χ0n) is 25.7. The number of esters is 1. The van der Waals surface area contributed by atoms with Gasteiger partial charge in [-0.1, -0.05) is 0 Å². The van der Waals surface area contributed by atoms with Gasteiger partial charge < -0.3 is 39.4 Å². The summed E-state index contributed by atoms with van der Waals surface area (Å²) in [5.41, 5.74) is -0.555. The monoisotopic (exact) mass is 638 g/mol. The Balaban J connectivity index is 1.30. The van der Waals surface area contributed by atoms with Gasteiger partial charge in [0.15, 0.2) is 11.6 Å². The van der Waals surface area contributed by atoms with E-state index >= 15 is 4.39 Å². The molecule has 3 N–H and O–H groups in total. The third-order valence-corrected chi connectivity index (χ3v) is 8.48. The van der Waals surface area contributed by atoms with Crippen molar-refractivity contribution >= 4 is 46.0 Å². The number of piperidine rings is 1. The first kappa shape index (κ1) is 32.3. The van der Waals surface area contributed by atoms with Crippen molar-refractivity contribution in [2.45, 2.75) is 50.6 Å². The number of hydrogen-bond donors (Lipinski definition) is 3. The number of phenols is 1. The smallest absolute Gasteiger partial charge is 0.341 e. The van der Waals surface area contributed by atoms with Gasteiger partial charge in [-0.3, -0.25) is 14.4 Å². The van der Waals surface area contributed by atoms with Gasteiger partial charge in [0.25, 0.3) is 0 Å². The van der Waals surface area contributed by atoms with Gasteiger partial charge in [-0.05, 0) is 43.9 Å². The van der Waals surface area contributed by atoms with Gasteiger partial charge in [0, 0.05) is 63.0 Å². The van der Waals surface area contributed by atoms with E-state index < -0.39 is 34.7 Å². The van der Waals surface area contributed by atoms with Crippen molar-refractivity contribution in [1.29, 1.82) is 0 Å². The lowest BCUT2D eigenvalue weighted by molar-refractivity contribution is -0.133. The summed E-state index contributed by atoms with van der Waals surface area (Å²) in [6.07, 6.45) is 3.91. The first-order valence-corrected chi connectivity index (χ1v) is 14.9. The molecule has 2 heterocycles. The maximum atomic E-state index is 15.8. The summed E-state index contributed by atoms with van der Waals surface area (Å²) in [7, 11) is 4.19. The number of likely N-dealkylation sites (N-methyl/N-ethyl adjacent to an activating group) is 1. The van der Waals surface area contributed by atoms with Crippen LogP contribution in [0.15, 0.2) is 35.3 Å². The van der Waals surface area contributed by atoms with Gasteiger partial charge in [0.05, 0.1) is 25.1 Å². The molecule has 46 heavy (non-hydrogen) atoms. The maximum Gasteiger partial charge on any atom is 0.341 e. The van der Waals surface area contributed by atoms with Crippen LogP contribution in [0.5, 0.6) is 11.5 Å². The summed E-state index contributed by atoms with van der Waals surface area (Å²) < 4.78 is 27.8. The average Bonchev–Trinajstić information content (AvgIpc) is 3.88. The van der Waals surface area contributed by atoms with Crippen LogP contribution in [-0.2, 0) is 14.3 Å². The lowest BCUT2D eigenvalue weighted by Gasteiger charge is -2.39. The zero-order chi connectivity index (χ0) is 33.3. The van der Waals surface area contributed by atoms with Crippen molar-refractivity contribution in [3.8, 4) is 11.5 Å². The summed E-state index contributed by atoms with van der Waals surface area (Å²) in [4.78, 5) is 65.4. The Kier molecular flexibility index (Phi) is 9.17. The molecule has 2 aromatic carbocycles. The second kappa shape index (κ2) is 13.1. The number of phenolic OH excluding ortho intramolecular Hbond substituents is 1. The molecule has 0 radical (unpaired) electrons. The highest BCUT2D eigenvalue weighted by Gasteiger charge is 2.34. The Bertz CT molecular complexity index is 1790. The fraction of sp³-hybridized carbons (Fsp3) is 0.406. The second-order valence-corrected chi connectivity index (χ2v) is 11.5. The van der Waals surface area contributed by atoms with E-state index in [0.29, 0.717) is 24.9 Å². The number of ether oxygens (including phenoxy) is 2. The van der Waals surface area contributed by atoms with E-state index in [1.54, 1.807) is 21.4 Å². The quantitative estimate of drug-likeness (QED) is 0.280. The molecule has 1 aliphatic heterocycles. The van der Waals surface area contributed by atoms with Crippen LogP contribution in [0, 0.1) is 5.82 Å². The number of nitrogens with one attached hydrogen (secondary N) is 1. The molecule has 5 rings (SSSR count). The van der Waals surface area contributed by atoms with Gasteiger partial charge in [0.1, 0.15) is 22.6 Å². The number of aromatic nitrogens is 1. The number of rotatable bonds is 10. The van der Waals surface area contributed by atoms with Gasteiger partial charge in [0.2, 0.25) is 17.2 Å². The van der Waals surface area contributed by atoms with Crippen LogP contribution < -0.4 is 20.4 Å². The molecular weight excluding hydrogens is 603 g/mol. The molecule has 1 aromatic heterocycles. The fourth-order valence-corrected chi connectivity index (χ4v) is 5.91. The average molecular weight is 639 g/mol. The first-order valence-electron chi connectivity index (χ1n) is 14.9. The van der Waals surface area contributed by atoms with Gasteiger partial charge in [-0.25, -0.2) is 14.0 Å². The molecule has 2 fully saturated rings. The van der Waals surface area contributed by atoms with Gasteiger partial charge in [-0.2, -0.15) is 0 Å². The number of carboxylic acids is 1. The number of methoxy groups -OCH3 is 2. The minimum absolute atomic E-state index is 0.0339. The molecule has 1 saturated heterocycles. The predicted octanol–water partition coefficient (Wildman–Crippen LogP) is 3.52. The molecule has 244 valence electrons. The largest absolute Gasteiger partial charge is 0.507 e. The van der Waals surface area contributed by atoms with Crippen molar-refractivity contribution in [3.05, 3.63) is 57.6 Å². The van der Waals surface area contributed by atoms with Crippen LogP contribution >= 0.6 is 0 Å². The van der Waals surface area contributed by atoms with Crippen LogP contribution in [0.4, 0.5) is 15.8 Å². The predicted molar refractivity (Wildman–Crippen MR) is 165 cm³/mol. The number of carbonyl (C=O) groups is 4. The highest BCUT2D eigenvalue weighted by Crippen LogP contribution is 2.44. The van der Waals surface area contributed by atoms with Crippen LogP contribution in [0.1, 0.15) is 65.3 Å². The van der Waals surface area contributed by atoms with E-state index in [2.05, 4.69) is 10.1 Å². The summed E-state index contributed by atoms with van der Waals surface area (Å²) in [6, 6.07) is 4.69. The minimum atomic E-state index is -1.39. The van der Waals surface area contributed by atoms with Crippen molar-refractivity contribution in [3.63, 3.8) is 0 Å². The normalized spacial score (nSPS) is 16.2. The molecule has 13 nitrogen and oxygen atoms in total. The molecule has 0 bridgehead atoms. The van der Waals surface area contributed by atoms with Crippen LogP contribution in [0.3, 0.4) is 0 Å². The number of anilines is 2. The SMILES string of the molecule is COC(=O)c1ccc(NC(=O)CCC(=O)N(C)C2CCCN(c3c(F)cc4c(=O)c(C(=O)O)cn(C5CC5)c4c3OC)C2)cc1O. The number of aromatic hydroxyl groups is 1. The van der Waals surface area contributed by atoms with E-state index in [9.17, 15) is 34.2 Å². The number of halogens is 1. The Labute approximate surface area is 263 Å². The number of carbonyl (C=O) groups excluding carboxylic acids is 3. The topological polar surface area (TPSA) is 168 Å². The number of carboxylic acid groups (broad SMARTS) is 1. The van der Waals surface area contributed by atoms with Crippen molar-refractivity contribution < 1.29 is 43.3 Å². The summed E-state index contributed by atoms with van der Waals surface area (Å²) in [6.45, 7) is 0.724.